The van der Waals surface area contributed by atoms with E-state index in [0.29, 0.717) is 11.6 Å². The van der Waals surface area contributed by atoms with Crippen LogP contribution in [0.5, 0.6) is 5.75 Å². The lowest BCUT2D eigenvalue weighted by Gasteiger charge is -2.11. The van der Waals surface area contributed by atoms with Gasteiger partial charge in [-0.1, -0.05) is 0 Å². The molecule has 0 saturated heterocycles. The summed E-state index contributed by atoms with van der Waals surface area (Å²) in [4.78, 5) is 10.7. The molecule has 106 valence electrons. The Kier molecular flexibility index (Phi) is 4.26. The fraction of sp³-hybridized carbons (Fsp3) is 0.333. The van der Waals surface area contributed by atoms with Crippen LogP contribution < -0.4 is 4.74 Å². The lowest BCUT2D eigenvalue weighted by Crippen LogP contribution is -2.22. The number of aryl methyl sites for hydroxylation is 1. The summed E-state index contributed by atoms with van der Waals surface area (Å²) in [6.45, 7) is 0.0687. The van der Waals surface area contributed by atoms with E-state index in [-0.39, 0.29) is 18.6 Å². The van der Waals surface area contributed by atoms with E-state index in [2.05, 4.69) is 15.5 Å². The van der Waals surface area contributed by atoms with Crippen LogP contribution in [0.4, 0.5) is 0 Å². The number of aromatic carboxylic acids is 1. The number of rotatable bonds is 6. The van der Waals surface area contributed by atoms with Gasteiger partial charge >= 0.3 is 5.97 Å². The third-order valence-electron chi connectivity index (χ3n) is 2.67. The van der Waals surface area contributed by atoms with Gasteiger partial charge < -0.3 is 14.9 Å². The molecule has 0 radical (unpaired) electrons. The number of hydrogen-bond donors (Lipinski definition) is 2. The third-order valence-corrected chi connectivity index (χ3v) is 2.67. The average molecular weight is 278 g/mol. The van der Waals surface area contributed by atoms with E-state index in [1.54, 1.807) is 19.2 Å². The van der Waals surface area contributed by atoms with E-state index in [0.717, 1.165) is 0 Å². The minimum atomic E-state index is -0.994. The van der Waals surface area contributed by atoms with Crippen molar-refractivity contribution in [3.05, 3.63) is 35.7 Å². The van der Waals surface area contributed by atoms with Crippen molar-refractivity contribution in [3.8, 4) is 5.75 Å². The molecule has 0 bridgehead atoms. The molecular formula is C12H14N4O4. The van der Waals surface area contributed by atoms with Crippen molar-refractivity contribution in [3.63, 3.8) is 0 Å². The summed E-state index contributed by atoms with van der Waals surface area (Å²) in [7, 11) is 1.69. The largest absolute Gasteiger partial charge is 0.491 e. The quantitative estimate of drug-likeness (QED) is 0.758. The SMILES string of the molecule is Cn1nnnc1C[C@@H](O)COc1ccc(C(=O)O)cc1. The maximum atomic E-state index is 10.7. The number of carboxylic acid groups (broad SMARTS) is 1. The molecule has 1 aromatic carbocycles. The number of ether oxygens (including phenoxy) is 1. The number of tetrazole rings is 1. The molecule has 20 heavy (non-hydrogen) atoms. The number of aliphatic hydroxyl groups is 1. The monoisotopic (exact) mass is 278 g/mol. The fourth-order valence-electron chi connectivity index (χ4n) is 1.58. The van der Waals surface area contributed by atoms with Crippen molar-refractivity contribution in [2.24, 2.45) is 7.05 Å². The van der Waals surface area contributed by atoms with Crippen molar-refractivity contribution < 1.29 is 19.7 Å². The highest BCUT2D eigenvalue weighted by atomic mass is 16.5. The fourth-order valence-corrected chi connectivity index (χ4v) is 1.58. The zero-order chi connectivity index (χ0) is 14.5. The molecule has 8 heteroatoms. The Balaban J connectivity index is 1.85. The van der Waals surface area contributed by atoms with Gasteiger partial charge in [0.15, 0.2) is 5.82 Å². The molecule has 1 heterocycles. The van der Waals surface area contributed by atoms with Gasteiger partial charge in [0.05, 0.1) is 11.7 Å². The molecule has 0 saturated carbocycles. The van der Waals surface area contributed by atoms with E-state index >= 15 is 0 Å². The summed E-state index contributed by atoms with van der Waals surface area (Å²) < 4.78 is 6.85. The van der Waals surface area contributed by atoms with E-state index in [1.165, 1.54) is 16.8 Å². The van der Waals surface area contributed by atoms with Crippen molar-refractivity contribution in [1.29, 1.82) is 0 Å². The van der Waals surface area contributed by atoms with Crippen molar-refractivity contribution in [2.75, 3.05) is 6.61 Å². The second kappa shape index (κ2) is 6.11. The minimum absolute atomic E-state index is 0.0687. The van der Waals surface area contributed by atoms with E-state index in [4.69, 9.17) is 9.84 Å². The van der Waals surface area contributed by atoms with E-state index in [9.17, 15) is 9.90 Å². The molecule has 1 aromatic heterocycles. The second-order valence-corrected chi connectivity index (χ2v) is 4.22. The molecule has 1 atom stereocenters. The van der Waals surface area contributed by atoms with Crippen LogP contribution in [0.15, 0.2) is 24.3 Å². The minimum Gasteiger partial charge on any atom is -0.491 e. The van der Waals surface area contributed by atoms with Crippen LogP contribution in [0.2, 0.25) is 0 Å². The topological polar surface area (TPSA) is 110 Å². The summed E-state index contributed by atoms with van der Waals surface area (Å²) in [5.74, 6) is 0.0545. The van der Waals surface area contributed by atoms with Gasteiger partial charge in [-0.05, 0) is 34.7 Å². The Hall–Kier alpha value is -2.48. The lowest BCUT2D eigenvalue weighted by molar-refractivity contribution is 0.0696. The van der Waals surface area contributed by atoms with E-state index < -0.39 is 12.1 Å². The first-order chi connectivity index (χ1) is 9.56. The maximum Gasteiger partial charge on any atom is 0.335 e. The van der Waals surface area contributed by atoms with Crippen molar-refractivity contribution in [2.45, 2.75) is 12.5 Å². The van der Waals surface area contributed by atoms with Gasteiger partial charge in [0.2, 0.25) is 0 Å². The Morgan fingerprint density at radius 3 is 2.65 bits per heavy atom. The molecule has 0 aliphatic carbocycles. The van der Waals surface area contributed by atoms with Crippen LogP contribution in [-0.4, -0.2) is 49.1 Å². The van der Waals surface area contributed by atoms with Gasteiger partial charge in [-0.2, -0.15) is 0 Å². The predicted molar refractivity (Wildman–Crippen MR) is 67.4 cm³/mol. The zero-order valence-electron chi connectivity index (χ0n) is 10.8. The summed E-state index contributed by atoms with van der Waals surface area (Å²) in [6.07, 6.45) is -0.477. The van der Waals surface area contributed by atoms with Gasteiger partial charge in [0.1, 0.15) is 12.4 Å². The first kappa shape index (κ1) is 13.9. The summed E-state index contributed by atoms with van der Waals surface area (Å²) in [6, 6.07) is 5.97. The number of carboxylic acids is 1. The number of aromatic nitrogens is 4. The summed E-state index contributed by atoms with van der Waals surface area (Å²) in [5, 5.41) is 29.5. The zero-order valence-corrected chi connectivity index (χ0v) is 10.8. The van der Waals surface area contributed by atoms with Crippen molar-refractivity contribution >= 4 is 5.97 Å². The first-order valence-corrected chi connectivity index (χ1v) is 5.91. The number of aliphatic hydroxyl groups excluding tert-OH is 1. The Bertz CT molecular complexity index is 581. The molecular weight excluding hydrogens is 264 g/mol. The molecule has 0 aliphatic rings. The molecule has 2 aromatic rings. The van der Waals surface area contributed by atoms with Gasteiger partial charge in [-0.25, -0.2) is 9.48 Å². The molecule has 2 N–H and O–H groups in total. The van der Waals surface area contributed by atoms with Crippen LogP contribution in [0.1, 0.15) is 16.2 Å². The van der Waals surface area contributed by atoms with Gasteiger partial charge in [0.25, 0.3) is 0 Å². The maximum absolute atomic E-state index is 10.7. The number of nitrogens with zero attached hydrogens (tertiary/aromatic N) is 4. The molecule has 0 unspecified atom stereocenters. The normalized spacial score (nSPS) is 12.1. The smallest absolute Gasteiger partial charge is 0.335 e. The molecule has 0 amide bonds. The average Bonchev–Trinajstić information content (AvgIpc) is 2.82. The van der Waals surface area contributed by atoms with Crippen LogP contribution in [-0.2, 0) is 13.5 Å². The third kappa shape index (κ3) is 3.51. The van der Waals surface area contributed by atoms with Gasteiger partial charge in [0, 0.05) is 13.5 Å². The van der Waals surface area contributed by atoms with E-state index in [1.807, 2.05) is 0 Å². The van der Waals surface area contributed by atoms with Crippen LogP contribution >= 0.6 is 0 Å². The molecule has 2 rings (SSSR count). The highest BCUT2D eigenvalue weighted by Gasteiger charge is 2.11. The predicted octanol–water partition coefficient (Wildman–Crippen LogP) is -0.109. The first-order valence-electron chi connectivity index (χ1n) is 5.91. The van der Waals surface area contributed by atoms with Crippen LogP contribution in [0.3, 0.4) is 0 Å². The Morgan fingerprint density at radius 1 is 1.40 bits per heavy atom. The Labute approximate surface area is 114 Å². The Morgan fingerprint density at radius 2 is 2.10 bits per heavy atom. The highest BCUT2D eigenvalue weighted by molar-refractivity contribution is 5.87. The number of benzene rings is 1. The van der Waals surface area contributed by atoms with Crippen LogP contribution in [0, 0.1) is 0 Å². The number of hydrogen-bond acceptors (Lipinski definition) is 6. The van der Waals surface area contributed by atoms with Gasteiger partial charge in [-0.15, -0.1) is 5.10 Å². The highest BCUT2D eigenvalue weighted by Crippen LogP contribution is 2.12. The summed E-state index contributed by atoms with van der Waals surface area (Å²) in [5.41, 5.74) is 0.183. The molecule has 0 aliphatic heterocycles. The van der Waals surface area contributed by atoms with Gasteiger partial charge in [-0.3, -0.25) is 0 Å². The number of carbonyl (C=O) groups is 1. The van der Waals surface area contributed by atoms with Crippen LogP contribution in [0.25, 0.3) is 0 Å². The van der Waals surface area contributed by atoms with Crippen molar-refractivity contribution in [1.82, 2.24) is 20.2 Å². The molecule has 0 fully saturated rings. The molecule has 0 spiro atoms. The lowest BCUT2D eigenvalue weighted by atomic mass is 10.2. The second-order valence-electron chi connectivity index (χ2n) is 4.22. The summed E-state index contributed by atoms with van der Waals surface area (Å²) >= 11 is 0. The molecule has 8 nitrogen and oxygen atoms in total. The standard InChI is InChI=1S/C12H14N4O4/c1-16-11(13-14-15-16)6-9(17)7-20-10-4-2-8(3-5-10)12(18)19/h2-5,9,17H,6-7H2,1H3,(H,18,19)/t9-/m1/s1.